The van der Waals surface area contributed by atoms with Gasteiger partial charge in [0.15, 0.2) is 0 Å². The zero-order valence-electron chi connectivity index (χ0n) is 11.7. The Bertz CT molecular complexity index is 552. The van der Waals surface area contributed by atoms with Crippen molar-refractivity contribution in [1.29, 1.82) is 0 Å². The summed E-state index contributed by atoms with van der Waals surface area (Å²) in [6.45, 7) is 3.19. The third kappa shape index (κ3) is 3.89. The van der Waals surface area contributed by atoms with E-state index in [1.165, 1.54) is 0 Å². The van der Waals surface area contributed by atoms with E-state index in [0.717, 1.165) is 5.56 Å². The molecule has 0 aliphatic heterocycles. The molecular weight excluding hydrogens is 254 g/mol. The number of amides is 1. The maximum Gasteiger partial charge on any atom is 0.228 e. The fourth-order valence-corrected chi connectivity index (χ4v) is 1.85. The number of carbonyl (C=O) groups excluding carboxylic acids is 1. The molecule has 106 valence electrons. The lowest BCUT2D eigenvalue weighted by atomic mass is 10.1. The van der Waals surface area contributed by atoms with Crippen molar-refractivity contribution < 1.29 is 4.79 Å². The summed E-state index contributed by atoms with van der Waals surface area (Å²) in [5.41, 5.74) is 1.83. The van der Waals surface area contributed by atoms with Crippen molar-refractivity contribution in [3.05, 3.63) is 42.5 Å². The predicted octanol–water partition coefficient (Wildman–Crippen LogP) is 1.12. The van der Waals surface area contributed by atoms with Gasteiger partial charge in [0.1, 0.15) is 0 Å². The maximum atomic E-state index is 11.9. The number of nitrogens with zero attached hydrogens (tertiary/aromatic N) is 3. The largest absolute Gasteiger partial charge is 0.323 e. The third-order valence-corrected chi connectivity index (χ3v) is 2.95. The van der Waals surface area contributed by atoms with Gasteiger partial charge in [-0.3, -0.25) is 14.5 Å². The molecule has 6 heteroatoms. The number of pyridine rings is 1. The van der Waals surface area contributed by atoms with E-state index in [9.17, 15) is 4.79 Å². The Kier molecular flexibility index (Phi) is 4.84. The van der Waals surface area contributed by atoms with Crippen LogP contribution in [0.3, 0.4) is 0 Å². The number of hydrogen-bond donors (Lipinski definition) is 2. The summed E-state index contributed by atoms with van der Waals surface area (Å²) in [6, 6.07) is 3.88. The van der Waals surface area contributed by atoms with Crippen LogP contribution in [0.5, 0.6) is 0 Å². The molecule has 0 aliphatic carbocycles. The van der Waals surface area contributed by atoms with Crippen LogP contribution in [0.4, 0.5) is 5.69 Å². The zero-order chi connectivity index (χ0) is 14.4. The number of hydrogen-bond acceptors (Lipinski definition) is 4. The molecule has 1 atom stereocenters. The molecule has 2 N–H and O–H groups in total. The van der Waals surface area contributed by atoms with Crippen molar-refractivity contribution in [2.24, 2.45) is 5.92 Å². The van der Waals surface area contributed by atoms with E-state index in [-0.39, 0.29) is 11.8 Å². The second kappa shape index (κ2) is 6.81. The molecule has 0 spiro atoms. The number of nitrogens with one attached hydrogen (secondary N) is 2. The van der Waals surface area contributed by atoms with Crippen LogP contribution in [-0.4, -0.2) is 34.3 Å². The van der Waals surface area contributed by atoms with Gasteiger partial charge in [0.25, 0.3) is 0 Å². The molecule has 0 aliphatic rings. The molecule has 0 fully saturated rings. The van der Waals surface area contributed by atoms with Gasteiger partial charge in [0.2, 0.25) is 5.91 Å². The molecule has 2 aromatic heterocycles. The lowest BCUT2D eigenvalue weighted by Crippen LogP contribution is -2.28. The Labute approximate surface area is 118 Å². The first-order valence-electron chi connectivity index (χ1n) is 6.56. The van der Waals surface area contributed by atoms with E-state index in [4.69, 9.17) is 0 Å². The highest BCUT2D eigenvalue weighted by atomic mass is 16.1. The lowest BCUT2D eigenvalue weighted by molar-refractivity contribution is -0.119. The van der Waals surface area contributed by atoms with Crippen molar-refractivity contribution in [3.63, 3.8) is 0 Å². The van der Waals surface area contributed by atoms with Crippen molar-refractivity contribution >= 4 is 11.6 Å². The lowest BCUT2D eigenvalue weighted by Gasteiger charge is -2.09. The Balaban J connectivity index is 1.94. The van der Waals surface area contributed by atoms with Gasteiger partial charge in [0, 0.05) is 31.1 Å². The molecule has 0 aromatic carbocycles. The summed E-state index contributed by atoms with van der Waals surface area (Å²) in [7, 11) is 1.83. The average Bonchev–Trinajstić information content (AvgIpc) is 2.87. The highest BCUT2D eigenvalue weighted by Gasteiger charge is 2.12. The molecular formula is C14H19N5O. The molecule has 2 aromatic rings. The topological polar surface area (TPSA) is 71.8 Å². The van der Waals surface area contributed by atoms with Crippen LogP contribution < -0.4 is 10.6 Å². The van der Waals surface area contributed by atoms with Crippen molar-refractivity contribution in [2.75, 3.05) is 18.9 Å². The van der Waals surface area contributed by atoms with E-state index >= 15 is 0 Å². The van der Waals surface area contributed by atoms with Gasteiger partial charge in [-0.1, -0.05) is 6.92 Å². The number of rotatable bonds is 6. The van der Waals surface area contributed by atoms with Crippen molar-refractivity contribution in [3.8, 4) is 0 Å². The van der Waals surface area contributed by atoms with Crippen LogP contribution >= 0.6 is 0 Å². The third-order valence-electron chi connectivity index (χ3n) is 2.95. The maximum absolute atomic E-state index is 11.9. The van der Waals surface area contributed by atoms with Gasteiger partial charge in [-0.05, 0) is 24.7 Å². The first kappa shape index (κ1) is 14.2. The summed E-state index contributed by atoms with van der Waals surface area (Å²) in [5.74, 6) is -0.0913. The molecule has 20 heavy (non-hydrogen) atoms. The quantitative estimate of drug-likeness (QED) is 0.827. The van der Waals surface area contributed by atoms with Crippen LogP contribution in [0.25, 0.3) is 0 Å². The summed E-state index contributed by atoms with van der Waals surface area (Å²) >= 11 is 0. The smallest absolute Gasteiger partial charge is 0.228 e. The van der Waals surface area contributed by atoms with Gasteiger partial charge >= 0.3 is 0 Å². The molecule has 6 nitrogen and oxygen atoms in total. The minimum Gasteiger partial charge on any atom is -0.323 e. The number of anilines is 1. The van der Waals surface area contributed by atoms with Gasteiger partial charge in [-0.25, -0.2) is 0 Å². The first-order chi connectivity index (χ1) is 9.69. The van der Waals surface area contributed by atoms with Gasteiger partial charge in [-0.15, -0.1) is 0 Å². The van der Waals surface area contributed by atoms with Crippen LogP contribution in [-0.2, 0) is 11.3 Å². The molecule has 0 saturated carbocycles. The molecule has 0 bridgehead atoms. The van der Waals surface area contributed by atoms with Crippen molar-refractivity contribution in [2.45, 2.75) is 13.5 Å². The SMILES string of the molecule is CNCC(C)C(=O)Nc1cnn(Cc2ccncc2)c1. The number of aromatic nitrogens is 3. The standard InChI is InChI=1S/C14H19N5O/c1-11(7-15-2)14(20)18-13-8-17-19(10-13)9-12-3-5-16-6-4-12/h3-6,8,10-11,15H,7,9H2,1-2H3,(H,18,20). The minimum absolute atomic E-state index is 0.0113. The molecule has 2 rings (SSSR count). The summed E-state index contributed by atoms with van der Waals surface area (Å²) < 4.78 is 1.79. The van der Waals surface area contributed by atoms with E-state index < -0.39 is 0 Å². The van der Waals surface area contributed by atoms with E-state index in [1.807, 2.05) is 32.3 Å². The average molecular weight is 273 g/mol. The van der Waals surface area contributed by atoms with Crippen LogP contribution in [0.2, 0.25) is 0 Å². The highest BCUT2D eigenvalue weighted by molar-refractivity contribution is 5.92. The van der Waals surface area contributed by atoms with Crippen LogP contribution in [0.1, 0.15) is 12.5 Å². The van der Waals surface area contributed by atoms with Crippen molar-refractivity contribution in [1.82, 2.24) is 20.1 Å². The molecule has 0 saturated heterocycles. The normalized spacial score (nSPS) is 12.1. The van der Waals surface area contributed by atoms with Crippen LogP contribution in [0, 0.1) is 5.92 Å². The van der Waals surface area contributed by atoms with Gasteiger partial charge < -0.3 is 10.6 Å². The molecule has 0 radical (unpaired) electrons. The Hall–Kier alpha value is -2.21. The molecule has 1 unspecified atom stereocenters. The van der Waals surface area contributed by atoms with E-state index in [0.29, 0.717) is 18.8 Å². The monoisotopic (exact) mass is 273 g/mol. The van der Waals surface area contributed by atoms with E-state index in [2.05, 4.69) is 20.7 Å². The highest BCUT2D eigenvalue weighted by Crippen LogP contribution is 2.09. The first-order valence-corrected chi connectivity index (χ1v) is 6.56. The number of carbonyl (C=O) groups is 1. The molecule has 1 amide bonds. The summed E-state index contributed by atoms with van der Waals surface area (Å²) in [5, 5.41) is 10.1. The molecule has 2 heterocycles. The van der Waals surface area contributed by atoms with Gasteiger partial charge in [0.05, 0.1) is 18.4 Å². The Morgan fingerprint density at radius 3 is 2.85 bits per heavy atom. The Morgan fingerprint density at radius 2 is 2.15 bits per heavy atom. The fraction of sp³-hybridized carbons (Fsp3) is 0.357. The fourth-order valence-electron chi connectivity index (χ4n) is 1.85. The Morgan fingerprint density at radius 1 is 1.40 bits per heavy atom. The summed E-state index contributed by atoms with van der Waals surface area (Å²) in [4.78, 5) is 15.8. The predicted molar refractivity (Wildman–Crippen MR) is 77.3 cm³/mol. The second-order valence-corrected chi connectivity index (χ2v) is 4.73. The van der Waals surface area contributed by atoms with Crippen LogP contribution in [0.15, 0.2) is 36.9 Å². The second-order valence-electron chi connectivity index (χ2n) is 4.73. The van der Waals surface area contributed by atoms with Gasteiger partial charge in [-0.2, -0.15) is 5.10 Å². The zero-order valence-corrected chi connectivity index (χ0v) is 11.7. The summed E-state index contributed by atoms with van der Waals surface area (Å²) in [6.07, 6.45) is 6.98. The van der Waals surface area contributed by atoms with E-state index in [1.54, 1.807) is 23.3 Å². The minimum atomic E-state index is -0.0800.